The summed E-state index contributed by atoms with van der Waals surface area (Å²) >= 11 is 0. The van der Waals surface area contributed by atoms with E-state index in [9.17, 15) is 14.7 Å². The Kier molecular flexibility index (Phi) is 7.38. The van der Waals surface area contributed by atoms with Crippen molar-refractivity contribution < 1.29 is 19.4 Å². The van der Waals surface area contributed by atoms with E-state index >= 15 is 0 Å². The molecule has 0 unspecified atom stereocenters. The number of nitrogens with zero attached hydrogens (tertiary/aromatic N) is 3. The van der Waals surface area contributed by atoms with E-state index in [1.165, 1.54) is 11.1 Å². The lowest BCUT2D eigenvalue weighted by Crippen LogP contribution is -2.48. The summed E-state index contributed by atoms with van der Waals surface area (Å²) in [7, 11) is 3.27. The van der Waals surface area contributed by atoms with E-state index in [4.69, 9.17) is 9.47 Å². The van der Waals surface area contributed by atoms with Crippen LogP contribution in [0.25, 0.3) is 0 Å². The number of ether oxygens (including phenoxy) is 2. The number of benzene rings is 1. The first-order chi connectivity index (χ1) is 16.4. The molecule has 184 valence electrons. The summed E-state index contributed by atoms with van der Waals surface area (Å²) in [6, 6.07) is 8.56. The number of hydrogen-bond acceptors (Lipinski definition) is 6. The third kappa shape index (κ3) is 4.61. The Morgan fingerprint density at radius 3 is 2.71 bits per heavy atom. The predicted molar refractivity (Wildman–Crippen MR) is 128 cm³/mol. The van der Waals surface area contributed by atoms with Crippen LogP contribution in [-0.4, -0.2) is 59.1 Å². The first-order valence-corrected chi connectivity index (χ1v) is 12.2. The van der Waals surface area contributed by atoms with Crippen LogP contribution in [0.4, 0.5) is 0 Å². The molecule has 4 rings (SSSR count). The monoisotopic (exact) mass is 469 g/mol. The highest BCUT2D eigenvalue weighted by Gasteiger charge is 2.40. The molecule has 1 aliphatic carbocycles. The zero-order valence-electron chi connectivity index (χ0n) is 20.4. The molecule has 1 atom stereocenters. The molecule has 2 aliphatic rings. The third-order valence-corrected chi connectivity index (χ3v) is 7.50. The molecular weight excluding hydrogens is 434 g/mol. The van der Waals surface area contributed by atoms with Gasteiger partial charge in [-0.1, -0.05) is 44.0 Å². The van der Waals surface area contributed by atoms with Gasteiger partial charge in [0.2, 0.25) is 5.75 Å². The highest BCUT2D eigenvalue weighted by Crippen LogP contribution is 2.44. The summed E-state index contributed by atoms with van der Waals surface area (Å²) in [6.07, 6.45) is 6.39. The molecule has 1 aliphatic heterocycles. The van der Waals surface area contributed by atoms with E-state index < -0.39 is 11.3 Å². The van der Waals surface area contributed by atoms with Crippen LogP contribution in [0.5, 0.6) is 5.75 Å². The fourth-order valence-electron chi connectivity index (χ4n) is 5.49. The van der Waals surface area contributed by atoms with Gasteiger partial charge in [-0.3, -0.25) is 9.59 Å². The molecule has 8 nitrogen and oxygen atoms in total. The lowest BCUT2D eigenvalue weighted by Gasteiger charge is -2.37. The van der Waals surface area contributed by atoms with Crippen molar-refractivity contribution in [2.45, 2.75) is 69.9 Å². The van der Waals surface area contributed by atoms with Crippen LogP contribution in [-0.2, 0) is 34.3 Å². The number of methoxy groups -OCH3 is 1. The van der Waals surface area contributed by atoms with Crippen LogP contribution in [0.2, 0.25) is 0 Å². The second-order valence-corrected chi connectivity index (χ2v) is 9.53. The van der Waals surface area contributed by atoms with Crippen LogP contribution in [0.1, 0.15) is 66.5 Å². The fraction of sp³-hybridized carbons (Fsp3) is 0.577. The van der Waals surface area contributed by atoms with Gasteiger partial charge >= 0.3 is 5.56 Å². The smallest absolute Gasteiger partial charge is 0.315 e. The van der Waals surface area contributed by atoms with E-state index in [-0.39, 0.29) is 29.9 Å². The van der Waals surface area contributed by atoms with Crippen molar-refractivity contribution in [3.05, 3.63) is 57.3 Å². The van der Waals surface area contributed by atoms with Gasteiger partial charge in [0.05, 0.1) is 12.6 Å². The quantitative estimate of drug-likeness (QED) is 0.448. The van der Waals surface area contributed by atoms with Crippen LogP contribution in [0.15, 0.2) is 29.1 Å². The standard InChI is InChI=1S/C26H35N3O5/c1-4-18-8-7-9-19(14-18)26(11-5-6-12-26)15-21-27-24(31)23(30)22-25(32)28(2)20(16-29(21)22)10-13-34-17-33-3/h7-9,14,20,30H,4-6,10-13,15-17H2,1-3H3/t20-/m0/s1. The summed E-state index contributed by atoms with van der Waals surface area (Å²) in [5.41, 5.74) is 1.73. The van der Waals surface area contributed by atoms with Gasteiger partial charge in [0.15, 0.2) is 5.69 Å². The molecule has 1 N–H and O–H groups in total. The highest BCUT2D eigenvalue weighted by molar-refractivity contribution is 5.95. The van der Waals surface area contributed by atoms with Crippen LogP contribution in [0.3, 0.4) is 0 Å². The van der Waals surface area contributed by atoms with Gasteiger partial charge < -0.3 is 24.0 Å². The maximum absolute atomic E-state index is 13.2. The number of hydrogen-bond donors (Lipinski definition) is 1. The van der Waals surface area contributed by atoms with Gasteiger partial charge in [-0.05, 0) is 36.8 Å². The summed E-state index contributed by atoms with van der Waals surface area (Å²) in [5.74, 6) is -0.358. The van der Waals surface area contributed by atoms with Crippen molar-refractivity contribution in [2.24, 2.45) is 0 Å². The SMILES string of the molecule is CCc1cccc(C2(Cc3nc(=O)c(O)c4n3C[C@H](CCOCOC)N(C)C4=O)CCCC2)c1. The Morgan fingerprint density at radius 2 is 2.00 bits per heavy atom. The molecular formula is C26H35N3O5. The number of rotatable bonds is 9. The van der Waals surface area contributed by atoms with Crippen molar-refractivity contribution in [3.8, 4) is 5.75 Å². The number of aromatic nitrogens is 2. The fourth-order valence-corrected chi connectivity index (χ4v) is 5.49. The Morgan fingerprint density at radius 1 is 1.24 bits per heavy atom. The van der Waals surface area contributed by atoms with Gasteiger partial charge in [-0.15, -0.1) is 0 Å². The summed E-state index contributed by atoms with van der Waals surface area (Å²) in [4.78, 5) is 31.7. The second-order valence-electron chi connectivity index (χ2n) is 9.53. The molecule has 8 heteroatoms. The maximum Gasteiger partial charge on any atom is 0.315 e. The molecule has 1 fully saturated rings. The Labute approximate surface area is 200 Å². The van der Waals surface area contributed by atoms with E-state index in [1.54, 1.807) is 23.6 Å². The number of amides is 1. The molecule has 0 bridgehead atoms. The topological polar surface area (TPSA) is 93.9 Å². The Balaban J connectivity index is 1.72. The van der Waals surface area contributed by atoms with E-state index in [1.807, 2.05) is 0 Å². The van der Waals surface area contributed by atoms with Crippen LogP contribution in [0, 0.1) is 0 Å². The number of aryl methyl sites for hydroxylation is 1. The van der Waals surface area contributed by atoms with Gasteiger partial charge in [0.1, 0.15) is 12.6 Å². The largest absolute Gasteiger partial charge is 0.501 e. The molecule has 1 saturated carbocycles. The average molecular weight is 470 g/mol. The van der Waals surface area contributed by atoms with Gasteiger partial charge in [0, 0.05) is 32.5 Å². The van der Waals surface area contributed by atoms with Crippen molar-refractivity contribution in [1.82, 2.24) is 14.5 Å². The van der Waals surface area contributed by atoms with Crippen LogP contribution < -0.4 is 5.56 Å². The number of carbonyl (C=O) groups excluding carboxylic acids is 1. The van der Waals surface area contributed by atoms with E-state index in [2.05, 4.69) is 36.2 Å². The molecule has 0 spiro atoms. The summed E-state index contributed by atoms with van der Waals surface area (Å²) in [5, 5.41) is 10.5. The van der Waals surface area contributed by atoms with Gasteiger partial charge in [-0.25, -0.2) is 0 Å². The van der Waals surface area contributed by atoms with Gasteiger partial charge in [0.25, 0.3) is 5.91 Å². The average Bonchev–Trinajstić information content (AvgIpc) is 3.32. The van der Waals surface area contributed by atoms with E-state index in [0.29, 0.717) is 31.8 Å². The minimum absolute atomic E-state index is 0.0435. The Bertz CT molecular complexity index is 1090. The predicted octanol–water partition coefficient (Wildman–Crippen LogP) is 3.03. The number of carbonyl (C=O) groups is 1. The normalized spacial score (nSPS) is 19.4. The zero-order valence-corrected chi connectivity index (χ0v) is 20.4. The summed E-state index contributed by atoms with van der Waals surface area (Å²) in [6.45, 7) is 3.24. The highest BCUT2D eigenvalue weighted by atomic mass is 16.7. The molecule has 1 aromatic carbocycles. The van der Waals surface area contributed by atoms with Crippen LogP contribution >= 0.6 is 0 Å². The molecule has 1 amide bonds. The molecule has 2 aromatic rings. The minimum atomic E-state index is -0.736. The van der Waals surface area contributed by atoms with Gasteiger partial charge in [-0.2, -0.15) is 4.98 Å². The maximum atomic E-state index is 13.2. The molecule has 1 aromatic heterocycles. The number of likely N-dealkylation sites (N-methyl/N-ethyl adjacent to an activating group) is 1. The number of aromatic hydroxyl groups is 1. The lowest BCUT2D eigenvalue weighted by atomic mass is 9.75. The molecule has 34 heavy (non-hydrogen) atoms. The van der Waals surface area contributed by atoms with E-state index in [0.717, 1.165) is 32.1 Å². The number of fused-ring (bicyclic) bond motifs is 1. The molecule has 0 radical (unpaired) electrons. The second kappa shape index (κ2) is 10.3. The molecule has 2 heterocycles. The van der Waals surface area contributed by atoms with Crippen molar-refractivity contribution in [2.75, 3.05) is 27.6 Å². The summed E-state index contributed by atoms with van der Waals surface area (Å²) < 4.78 is 12.2. The lowest BCUT2D eigenvalue weighted by molar-refractivity contribution is -0.0366. The first kappa shape index (κ1) is 24.4. The van der Waals surface area contributed by atoms with Crippen molar-refractivity contribution in [3.63, 3.8) is 0 Å². The Hall–Kier alpha value is -2.71. The van der Waals surface area contributed by atoms with Crippen molar-refractivity contribution in [1.29, 1.82) is 0 Å². The third-order valence-electron chi connectivity index (χ3n) is 7.50. The van der Waals surface area contributed by atoms with Crippen molar-refractivity contribution >= 4 is 5.91 Å². The minimum Gasteiger partial charge on any atom is -0.501 e. The first-order valence-electron chi connectivity index (χ1n) is 12.2. The zero-order chi connectivity index (χ0) is 24.3. The molecule has 0 saturated heterocycles.